The Morgan fingerprint density at radius 3 is 2.62 bits per heavy atom. The van der Waals surface area contributed by atoms with Crippen molar-refractivity contribution in [3.05, 3.63) is 59.9 Å². The fraction of sp³-hybridized carbons (Fsp3) is 0.444. The van der Waals surface area contributed by atoms with Crippen LogP contribution in [0.3, 0.4) is 0 Å². The second-order valence-corrected chi connectivity index (χ2v) is 9.75. The molecule has 1 aliphatic rings. The Labute approximate surface area is 216 Å². The van der Waals surface area contributed by atoms with Crippen molar-refractivity contribution in [3.63, 3.8) is 0 Å². The molecular formula is C27H33FN6O3. The number of hydrogen-bond donors (Lipinski definition) is 1. The summed E-state index contributed by atoms with van der Waals surface area (Å²) in [7, 11) is 0. The normalized spacial score (nSPS) is 16.1. The van der Waals surface area contributed by atoms with Crippen LogP contribution in [0.25, 0.3) is 11.4 Å². The van der Waals surface area contributed by atoms with Crippen LogP contribution in [0.15, 0.2) is 48.5 Å². The summed E-state index contributed by atoms with van der Waals surface area (Å²) in [6.07, 6.45) is 2.11. The Hall–Kier alpha value is -3.66. The molecule has 1 saturated heterocycles. The molecule has 2 amide bonds. The van der Waals surface area contributed by atoms with Gasteiger partial charge in [-0.1, -0.05) is 55.8 Å². The smallest absolute Gasteiger partial charge is 0.251 e. The van der Waals surface area contributed by atoms with E-state index in [9.17, 15) is 14.0 Å². The lowest BCUT2D eigenvalue weighted by molar-refractivity contribution is -0.127. The third kappa shape index (κ3) is 6.76. The van der Waals surface area contributed by atoms with E-state index in [0.29, 0.717) is 25.4 Å². The first-order valence-corrected chi connectivity index (χ1v) is 12.6. The van der Waals surface area contributed by atoms with Crippen molar-refractivity contribution in [3.8, 4) is 11.4 Å². The highest BCUT2D eigenvalue weighted by molar-refractivity contribution is 6.00. The van der Waals surface area contributed by atoms with Crippen LogP contribution in [0.2, 0.25) is 0 Å². The summed E-state index contributed by atoms with van der Waals surface area (Å²) in [4.78, 5) is 29.5. The lowest BCUT2D eigenvalue weighted by Crippen LogP contribution is -2.52. The molecule has 196 valence electrons. The first-order valence-electron chi connectivity index (χ1n) is 12.6. The standard InChI is InChI=1S/C27H33FN6O3/c1-18(2)15-24(27(36)29-16-21-7-6-14-37-21)34(23-9-5-4-8-22(23)28)25(35)17-33-31-26(30-32-33)20-12-10-19(3)11-13-20/h4-5,8-13,18,21,24H,6-7,14-17H2,1-3H3,(H,29,36)/t21-,24+/m1/s1. The van der Waals surface area contributed by atoms with Crippen molar-refractivity contribution >= 4 is 17.5 Å². The molecule has 0 unspecified atom stereocenters. The largest absolute Gasteiger partial charge is 0.376 e. The topological polar surface area (TPSA) is 102 Å². The van der Waals surface area contributed by atoms with Gasteiger partial charge in [0.1, 0.15) is 18.4 Å². The van der Waals surface area contributed by atoms with Gasteiger partial charge in [-0.25, -0.2) is 4.39 Å². The highest BCUT2D eigenvalue weighted by Gasteiger charge is 2.34. The van der Waals surface area contributed by atoms with Gasteiger partial charge in [-0.3, -0.25) is 14.5 Å². The molecule has 1 N–H and O–H groups in total. The maximum atomic E-state index is 15.0. The lowest BCUT2D eigenvalue weighted by Gasteiger charge is -2.32. The van der Waals surface area contributed by atoms with Crippen molar-refractivity contribution < 1.29 is 18.7 Å². The first-order chi connectivity index (χ1) is 17.8. The molecule has 0 radical (unpaired) electrons. The van der Waals surface area contributed by atoms with Gasteiger partial charge >= 0.3 is 0 Å². The number of anilines is 1. The zero-order valence-electron chi connectivity index (χ0n) is 21.4. The summed E-state index contributed by atoms with van der Waals surface area (Å²) in [6.45, 7) is 6.60. The van der Waals surface area contributed by atoms with Crippen LogP contribution in [-0.4, -0.2) is 57.3 Å². The zero-order valence-corrected chi connectivity index (χ0v) is 21.4. The number of rotatable bonds is 10. The molecule has 0 spiro atoms. The van der Waals surface area contributed by atoms with Crippen molar-refractivity contribution in [2.45, 2.75) is 58.7 Å². The lowest BCUT2D eigenvalue weighted by atomic mass is 10.00. The Balaban J connectivity index is 1.59. The maximum absolute atomic E-state index is 15.0. The van der Waals surface area contributed by atoms with E-state index in [-0.39, 0.29) is 30.2 Å². The number of ether oxygens (including phenoxy) is 1. The molecule has 0 aliphatic carbocycles. The Bertz CT molecular complexity index is 1210. The van der Waals surface area contributed by atoms with Gasteiger partial charge in [-0.05, 0) is 49.5 Å². The summed E-state index contributed by atoms with van der Waals surface area (Å²) in [5, 5.41) is 15.3. The monoisotopic (exact) mass is 508 g/mol. The maximum Gasteiger partial charge on any atom is 0.251 e. The van der Waals surface area contributed by atoms with Gasteiger partial charge in [-0.15, -0.1) is 10.2 Å². The number of aryl methyl sites for hydroxylation is 1. The van der Waals surface area contributed by atoms with Crippen LogP contribution >= 0.6 is 0 Å². The Kier molecular flexibility index (Phi) is 8.60. The number of nitrogens with zero attached hydrogens (tertiary/aromatic N) is 5. The number of nitrogens with one attached hydrogen (secondary N) is 1. The number of halogens is 1. The molecule has 0 bridgehead atoms. The molecule has 37 heavy (non-hydrogen) atoms. The molecule has 2 heterocycles. The van der Waals surface area contributed by atoms with Gasteiger partial charge in [-0.2, -0.15) is 4.80 Å². The van der Waals surface area contributed by atoms with Crippen molar-refractivity contribution in [2.75, 3.05) is 18.1 Å². The van der Waals surface area contributed by atoms with Crippen molar-refractivity contribution in [1.29, 1.82) is 0 Å². The van der Waals surface area contributed by atoms with Gasteiger partial charge in [0.15, 0.2) is 0 Å². The molecule has 4 rings (SSSR count). The van der Waals surface area contributed by atoms with E-state index in [1.165, 1.54) is 21.8 Å². The number of aromatic nitrogens is 4. The predicted octanol–water partition coefficient (Wildman–Crippen LogP) is 3.53. The van der Waals surface area contributed by atoms with E-state index >= 15 is 0 Å². The number of tetrazole rings is 1. The number of amides is 2. The fourth-order valence-electron chi connectivity index (χ4n) is 4.36. The van der Waals surface area contributed by atoms with Gasteiger partial charge in [0.2, 0.25) is 11.7 Å². The van der Waals surface area contributed by atoms with E-state index < -0.39 is 17.8 Å². The minimum atomic E-state index is -0.925. The minimum absolute atomic E-state index is 0.0317. The number of carbonyl (C=O) groups excluding carboxylic acids is 2. The van der Waals surface area contributed by atoms with Crippen LogP contribution in [0.1, 0.15) is 38.7 Å². The van der Waals surface area contributed by atoms with Crippen LogP contribution in [0.4, 0.5) is 10.1 Å². The number of carbonyl (C=O) groups is 2. The average Bonchev–Trinajstić information content (AvgIpc) is 3.56. The van der Waals surface area contributed by atoms with Crippen molar-refractivity contribution in [2.24, 2.45) is 5.92 Å². The first kappa shape index (κ1) is 26.4. The quantitative estimate of drug-likeness (QED) is 0.450. The molecule has 2 atom stereocenters. The highest BCUT2D eigenvalue weighted by Crippen LogP contribution is 2.25. The summed E-state index contributed by atoms with van der Waals surface area (Å²) in [5.74, 6) is -1.02. The third-order valence-electron chi connectivity index (χ3n) is 6.26. The number of benzene rings is 2. The second-order valence-electron chi connectivity index (χ2n) is 9.75. The zero-order chi connectivity index (χ0) is 26.4. The third-order valence-corrected chi connectivity index (χ3v) is 6.26. The molecule has 10 heteroatoms. The van der Waals surface area contributed by atoms with Crippen LogP contribution in [-0.2, 0) is 20.9 Å². The summed E-state index contributed by atoms with van der Waals surface area (Å²) in [5.41, 5.74) is 1.89. The number of hydrogen-bond acceptors (Lipinski definition) is 6. The van der Waals surface area contributed by atoms with E-state index in [1.807, 2.05) is 45.0 Å². The SMILES string of the molecule is Cc1ccc(-c2nnn(CC(=O)N(c3ccccc3F)[C@@H](CC(C)C)C(=O)NC[C@H]3CCCO3)n2)cc1. The minimum Gasteiger partial charge on any atom is -0.376 e. The Morgan fingerprint density at radius 1 is 1.19 bits per heavy atom. The fourth-order valence-corrected chi connectivity index (χ4v) is 4.36. The molecule has 3 aromatic rings. The van der Waals surface area contributed by atoms with E-state index in [0.717, 1.165) is 24.0 Å². The summed E-state index contributed by atoms with van der Waals surface area (Å²) in [6, 6.07) is 12.7. The van der Waals surface area contributed by atoms with E-state index in [2.05, 4.69) is 20.7 Å². The average molecular weight is 509 g/mol. The van der Waals surface area contributed by atoms with Gasteiger partial charge in [0, 0.05) is 18.7 Å². The molecule has 9 nitrogen and oxygen atoms in total. The molecule has 1 fully saturated rings. The Morgan fingerprint density at radius 2 is 1.95 bits per heavy atom. The van der Waals surface area contributed by atoms with Crippen molar-refractivity contribution in [1.82, 2.24) is 25.5 Å². The second kappa shape index (κ2) is 12.1. The molecule has 1 aromatic heterocycles. The molecule has 2 aromatic carbocycles. The predicted molar refractivity (Wildman–Crippen MR) is 137 cm³/mol. The van der Waals surface area contributed by atoms with Gasteiger partial charge in [0.25, 0.3) is 5.91 Å². The highest BCUT2D eigenvalue weighted by atomic mass is 19.1. The van der Waals surface area contributed by atoms with Crippen LogP contribution in [0.5, 0.6) is 0 Å². The van der Waals surface area contributed by atoms with Gasteiger partial charge < -0.3 is 10.1 Å². The summed E-state index contributed by atoms with van der Waals surface area (Å²) < 4.78 is 20.6. The summed E-state index contributed by atoms with van der Waals surface area (Å²) >= 11 is 0. The molecular weight excluding hydrogens is 475 g/mol. The molecule has 1 aliphatic heterocycles. The van der Waals surface area contributed by atoms with Gasteiger partial charge in [0.05, 0.1) is 11.8 Å². The van der Waals surface area contributed by atoms with E-state index in [1.54, 1.807) is 12.1 Å². The molecule has 0 saturated carbocycles. The van der Waals surface area contributed by atoms with Crippen LogP contribution < -0.4 is 10.2 Å². The number of para-hydroxylation sites is 1. The van der Waals surface area contributed by atoms with E-state index in [4.69, 9.17) is 4.74 Å². The van der Waals surface area contributed by atoms with Crippen LogP contribution in [0, 0.1) is 18.7 Å².